The quantitative estimate of drug-likeness (QED) is 0.795. The van der Waals surface area contributed by atoms with Gasteiger partial charge in [-0.05, 0) is 30.7 Å². The molecule has 0 saturated carbocycles. The zero-order valence-electron chi connectivity index (χ0n) is 11.5. The van der Waals surface area contributed by atoms with Gasteiger partial charge in [0.25, 0.3) is 5.89 Å². The topological polar surface area (TPSA) is 68.4 Å². The smallest absolute Gasteiger partial charge is 0.261 e. The summed E-state index contributed by atoms with van der Waals surface area (Å²) >= 11 is 0. The van der Waals surface area contributed by atoms with Gasteiger partial charge >= 0.3 is 0 Å². The van der Waals surface area contributed by atoms with E-state index in [1.165, 1.54) is 0 Å². The Morgan fingerprint density at radius 1 is 1.10 bits per heavy atom. The van der Waals surface area contributed by atoms with Crippen LogP contribution in [0.15, 0.2) is 53.1 Å². The van der Waals surface area contributed by atoms with E-state index >= 15 is 0 Å². The largest absolute Gasteiger partial charge is 0.507 e. The summed E-state index contributed by atoms with van der Waals surface area (Å²) in [6, 6.07) is 14.8. The molecule has 21 heavy (non-hydrogen) atoms. The van der Waals surface area contributed by atoms with E-state index in [4.69, 9.17) is 9.26 Å². The molecule has 1 N–H and O–H groups in total. The van der Waals surface area contributed by atoms with E-state index in [0.717, 1.165) is 11.3 Å². The van der Waals surface area contributed by atoms with Crippen molar-refractivity contribution in [2.75, 3.05) is 0 Å². The fraction of sp³-hybridized carbons (Fsp3) is 0.125. The van der Waals surface area contributed by atoms with Crippen LogP contribution in [0, 0.1) is 6.92 Å². The maximum absolute atomic E-state index is 10.0. The fourth-order valence-corrected chi connectivity index (χ4v) is 1.92. The number of hydrogen-bond donors (Lipinski definition) is 1. The maximum atomic E-state index is 10.0. The van der Waals surface area contributed by atoms with Crippen LogP contribution >= 0.6 is 0 Å². The molecule has 3 aromatic rings. The highest BCUT2D eigenvalue weighted by Gasteiger charge is 2.14. The molecule has 0 unspecified atom stereocenters. The van der Waals surface area contributed by atoms with Crippen LogP contribution in [0.25, 0.3) is 11.5 Å². The van der Waals surface area contributed by atoms with Gasteiger partial charge in [-0.3, -0.25) is 0 Å². The summed E-state index contributed by atoms with van der Waals surface area (Å²) in [5.74, 6) is 1.59. The number of para-hydroxylation sites is 2. The lowest BCUT2D eigenvalue weighted by atomic mass is 10.1. The normalized spacial score (nSPS) is 10.5. The molecule has 3 rings (SSSR count). The molecule has 5 nitrogen and oxygen atoms in total. The Hall–Kier alpha value is -2.82. The predicted octanol–water partition coefficient (Wildman–Crippen LogP) is 3.33. The Bertz CT molecular complexity index is 738. The fourth-order valence-electron chi connectivity index (χ4n) is 1.92. The molecule has 0 spiro atoms. The van der Waals surface area contributed by atoms with Gasteiger partial charge < -0.3 is 14.4 Å². The highest BCUT2D eigenvalue weighted by Crippen LogP contribution is 2.30. The number of benzene rings is 2. The molecule has 0 fully saturated rings. The minimum absolute atomic E-state index is 0.150. The van der Waals surface area contributed by atoms with Gasteiger partial charge in [-0.2, -0.15) is 4.98 Å². The van der Waals surface area contributed by atoms with Gasteiger partial charge in [0.1, 0.15) is 11.5 Å². The van der Waals surface area contributed by atoms with Crippen molar-refractivity contribution in [1.29, 1.82) is 0 Å². The zero-order valence-corrected chi connectivity index (χ0v) is 11.5. The molecule has 0 aliphatic heterocycles. The number of phenols is 1. The Balaban J connectivity index is 1.76. The second-order valence-corrected chi connectivity index (χ2v) is 4.59. The molecular weight excluding hydrogens is 268 g/mol. The molecule has 2 aromatic carbocycles. The summed E-state index contributed by atoms with van der Waals surface area (Å²) in [6.07, 6.45) is 0. The summed E-state index contributed by atoms with van der Waals surface area (Å²) in [5.41, 5.74) is 1.28. The molecule has 0 amide bonds. The lowest BCUT2D eigenvalue weighted by Crippen LogP contribution is -1.97. The van der Waals surface area contributed by atoms with E-state index < -0.39 is 0 Å². The van der Waals surface area contributed by atoms with Crippen LogP contribution in [0.1, 0.15) is 11.4 Å². The minimum Gasteiger partial charge on any atom is -0.507 e. The molecule has 1 aromatic heterocycles. The highest BCUT2D eigenvalue weighted by molar-refractivity contribution is 5.64. The maximum Gasteiger partial charge on any atom is 0.261 e. The predicted molar refractivity (Wildman–Crippen MR) is 76.9 cm³/mol. The van der Waals surface area contributed by atoms with Crippen LogP contribution in [0.3, 0.4) is 0 Å². The van der Waals surface area contributed by atoms with Gasteiger partial charge in [-0.1, -0.05) is 35.5 Å². The van der Waals surface area contributed by atoms with Gasteiger partial charge in [0, 0.05) is 0 Å². The van der Waals surface area contributed by atoms with Crippen molar-refractivity contribution >= 4 is 0 Å². The van der Waals surface area contributed by atoms with E-state index in [1.807, 2.05) is 49.4 Å². The van der Waals surface area contributed by atoms with Crippen LogP contribution < -0.4 is 4.74 Å². The van der Waals surface area contributed by atoms with E-state index in [-0.39, 0.29) is 18.2 Å². The Labute approximate surface area is 121 Å². The summed E-state index contributed by atoms with van der Waals surface area (Å²) in [7, 11) is 0. The van der Waals surface area contributed by atoms with E-state index in [2.05, 4.69) is 10.1 Å². The molecular formula is C16H14N2O3. The number of ether oxygens (including phenoxy) is 1. The Morgan fingerprint density at radius 2 is 1.90 bits per heavy atom. The minimum atomic E-state index is 0.150. The van der Waals surface area contributed by atoms with Crippen LogP contribution in [-0.2, 0) is 6.61 Å². The first-order valence-corrected chi connectivity index (χ1v) is 6.53. The standard InChI is InChI=1S/C16H14N2O3/c1-11-6-5-9-13(15(11)19)16-17-14(18-21-16)10-20-12-7-3-2-4-8-12/h2-9,19H,10H2,1H3. The van der Waals surface area contributed by atoms with Gasteiger partial charge in [-0.15, -0.1) is 0 Å². The van der Waals surface area contributed by atoms with E-state index in [1.54, 1.807) is 6.07 Å². The Morgan fingerprint density at radius 3 is 2.71 bits per heavy atom. The average molecular weight is 282 g/mol. The van der Waals surface area contributed by atoms with Crippen molar-refractivity contribution in [3.05, 3.63) is 59.9 Å². The molecule has 5 heteroatoms. The number of aromatic hydroxyl groups is 1. The average Bonchev–Trinajstić information content (AvgIpc) is 2.98. The van der Waals surface area contributed by atoms with Crippen LogP contribution in [-0.4, -0.2) is 15.2 Å². The SMILES string of the molecule is Cc1cccc(-c2nc(COc3ccccc3)no2)c1O. The third-order valence-corrected chi connectivity index (χ3v) is 3.05. The summed E-state index contributed by atoms with van der Waals surface area (Å²) in [4.78, 5) is 4.23. The molecule has 106 valence electrons. The van der Waals surface area contributed by atoms with Crippen molar-refractivity contribution in [2.24, 2.45) is 0 Å². The number of hydrogen-bond acceptors (Lipinski definition) is 5. The van der Waals surface area contributed by atoms with E-state index in [0.29, 0.717) is 11.4 Å². The third-order valence-electron chi connectivity index (χ3n) is 3.05. The second-order valence-electron chi connectivity index (χ2n) is 4.59. The first-order valence-electron chi connectivity index (χ1n) is 6.53. The van der Waals surface area contributed by atoms with Crippen LogP contribution in [0.2, 0.25) is 0 Å². The number of rotatable bonds is 4. The zero-order chi connectivity index (χ0) is 14.7. The number of aryl methyl sites for hydroxylation is 1. The van der Waals surface area contributed by atoms with Crippen molar-refractivity contribution in [1.82, 2.24) is 10.1 Å². The molecule has 0 bridgehead atoms. The van der Waals surface area contributed by atoms with Gasteiger partial charge in [-0.25, -0.2) is 0 Å². The van der Waals surface area contributed by atoms with Crippen molar-refractivity contribution < 1.29 is 14.4 Å². The third kappa shape index (κ3) is 2.86. The first kappa shape index (κ1) is 13.2. The summed E-state index contributed by atoms with van der Waals surface area (Å²) in [6.45, 7) is 2.02. The molecule has 1 heterocycles. The van der Waals surface area contributed by atoms with Gasteiger partial charge in [0.05, 0.1) is 5.56 Å². The number of nitrogens with zero attached hydrogens (tertiary/aromatic N) is 2. The molecule has 0 aliphatic carbocycles. The molecule has 0 radical (unpaired) electrons. The number of phenolic OH excluding ortho intramolecular Hbond substituents is 1. The highest BCUT2D eigenvalue weighted by atomic mass is 16.5. The Kier molecular flexibility index (Phi) is 3.55. The van der Waals surface area contributed by atoms with Crippen molar-refractivity contribution in [2.45, 2.75) is 13.5 Å². The number of aromatic nitrogens is 2. The lowest BCUT2D eigenvalue weighted by Gasteiger charge is -2.02. The van der Waals surface area contributed by atoms with E-state index in [9.17, 15) is 5.11 Å². The van der Waals surface area contributed by atoms with Crippen molar-refractivity contribution in [3.8, 4) is 23.0 Å². The first-order chi connectivity index (χ1) is 10.2. The van der Waals surface area contributed by atoms with Crippen LogP contribution in [0.5, 0.6) is 11.5 Å². The monoisotopic (exact) mass is 282 g/mol. The van der Waals surface area contributed by atoms with Crippen molar-refractivity contribution in [3.63, 3.8) is 0 Å². The second kappa shape index (κ2) is 5.66. The molecule has 0 saturated heterocycles. The summed E-state index contributed by atoms with van der Waals surface area (Å²) < 4.78 is 10.7. The van der Waals surface area contributed by atoms with Gasteiger partial charge in [0.15, 0.2) is 6.61 Å². The van der Waals surface area contributed by atoms with Gasteiger partial charge in [0.2, 0.25) is 5.82 Å². The summed E-state index contributed by atoms with van der Waals surface area (Å²) in [5, 5.41) is 13.9. The molecule has 0 aliphatic rings. The molecule has 0 atom stereocenters. The van der Waals surface area contributed by atoms with Crippen LogP contribution in [0.4, 0.5) is 0 Å². The lowest BCUT2D eigenvalue weighted by molar-refractivity contribution is 0.287.